The van der Waals surface area contributed by atoms with Crippen LogP contribution in [0.15, 0.2) is 23.6 Å². The predicted octanol–water partition coefficient (Wildman–Crippen LogP) is 3.60. The van der Waals surface area contributed by atoms with Crippen molar-refractivity contribution in [3.05, 3.63) is 45.4 Å². The first-order chi connectivity index (χ1) is 12.9. The Morgan fingerprint density at radius 2 is 2.04 bits per heavy atom. The molecule has 7 heteroatoms. The van der Waals surface area contributed by atoms with Gasteiger partial charge in [-0.2, -0.15) is 0 Å². The second-order valence-electron chi connectivity index (χ2n) is 6.78. The number of hydrogen-bond acceptors (Lipinski definition) is 5. The largest absolute Gasteiger partial charge is 0.486 e. The average molecular weight is 407 g/mol. The third-order valence-corrected chi connectivity index (χ3v) is 5.56. The van der Waals surface area contributed by atoms with Gasteiger partial charge in [0.05, 0.1) is 12.2 Å². The van der Waals surface area contributed by atoms with E-state index < -0.39 is 0 Å². The minimum Gasteiger partial charge on any atom is -0.486 e. The quantitative estimate of drug-likeness (QED) is 0.642. The minimum absolute atomic E-state index is 0.490. The van der Waals surface area contributed by atoms with Gasteiger partial charge in [0.15, 0.2) is 5.11 Å². The molecule has 0 saturated heterocycles. The molecule has 0 aliphatic carbocycles. The van der Waals surface area contributed by atoms with Crippen LogP contribution in [0.5, 0.6) is 5.75 Å². The topological polar surface area (TPSA) is 40.6 Å². The molecule has 148 valence electrons. The number of ether oxygens (including phenoxy) is 1. The van der Waals surface area contributed by atoms with Crippen LogP contribution in [0.2, 0.25) is 0 Å². The van der Waals surface area contributed by atoms with Gasteiger partial charge in [-0.05, 0) is 64.3 Å². The van der Waals surface area contributed by atoms with Gasteiger partial charge in [0, 0.05) is 25.0 Å². The van der Waals surface area contributed by atoms with Crippen molar-refractivity contribution in [3.8, 4) is 5.75 Å². The van der Waals surface area contributed by atoms with E-state index in [4.69, 9.17) is 21.9 Å². The van der Waals surface area contributed by atoms with E-state index in [-0.39, 0.29) is 0 Å². The molecule has 0 atom stereocenters. The van der Waals surface area contributed by atoms with Gasteiger partial charge in [0.25, 0.3) is 0 Å². The number of likely N-dealkylation sites (N-methyl/N-ethyl adjacent to an activating group) is 1. The van der Waals surface area contributed by atoms with Crippen molar-refractivity contribution in [2.24, 2.45) is 0 Å². The van der Waals surface area contributed by atoms with Crippen LogP contribution < -0.4 is 10.1 Å². The second kappa shape index (κ2) is 10.6. The van der Waals surface area contributed by atoms with Crippen LogP contribution in [0.25, 0.3) is 0 Å². The lowest BCUT2D eigenvalue weighted by Gasteiger charge is -2.26. The highest BCUT2D eigenvalue weighted by atomic mass is 32.1. The van der Waals surface area contributed by atoms with Crippen LogP contribution in [-0.4, -0.2) is 53.6 Å². The number of thiazole rings is 1. The highest BCUT2D eigenvalue weighted by Gasteiger charge is 2.13. The molecular formula is C20H30N4OS2. The number of benzene rings is 1. The number of nitrogens with one attached hydrogen (secondary N) is 1. The second-order valence-corrected chi connectivity index (χ2v) is 8.11. The fourth-order valence-electron chi connectivity index (χ4n) is 2.54. The summed E-state index contributed by atoms with van der Waals surface area (Å²) in [5.41, 5.74) is 3.44. The number of aryl methyl sites for hydroxylation is 1. The van der Waals surface area contributed by atoms with Gasteiger partial charge in [0.1, 0.15) is 17.4 Å². The fourth-order valence-corrected chi connectivity index (χ4v) is 3.54. The summed E-state index contributed by atoms with van der Waals surface area (Å²) in [6.07, 6.45) is 0. The van der Waals surface area contributed by atoms with Crippen LogP contribution in [0, 0.1) is 13.8 Å². The van der Waals surface area contributed by atoms with E-state index in [1.165, 1.54) is 11.1 Å². The molecule has 0 unspecified atom stereocenters. The normalized spacial score (nSPS) is 10.9. The van der Waals surface area contributed by atoms with Crippen molar-refractivity contribution in [1.82, 2.24) is 20.1 Å². The standard InChI is InChI=1S/C20H30N4OS2/c1-6-21-20(26)24(11-10-23(4)5)12-17-14-27-19(22-17)13-25-18-9-7-8-15(2)16(18)3/h7-9,14H,6,10-13H2,1-5H3,(H,21,26). The van der Waals surface area contributed by atoms with Crippen molar-refractivity contribution in [3.63, 3.8) is 0 Å². The number of hydrogen-bond donors (Lipinski definition) is 1. The molecule has 1 aromatic carbocycles. The SMILES string of the molecule is CCNC(=S)N(CCN(C)C)Cc1csc(COc2cccc(C)c2C)n1. The Kier molecular flexibility index (Phi) is 8.47. The lowest BCUT2D eigenvalue weighted by Crippen LogP contribution is -2.42. The lowest BCUT2D eigenvalue weighted by molar-refractivity contribution is 0.301. The van der Waals surface area contributed by atoms with E-state index in [9.17, 15) is 0 Å². The van der Waals surface area contributed by atoms with Crippen molar-refractivity contribution < 1.29 is 4.74 Å². The third kappa shape index (κ3) is 6.75. The van der Waals surface area contributed by atoms with Crippen LogP contribution in [0.3, 0.4) is 0 Å². The van der Waals surface area contributed by atoms with Gasteiger partial charge in [-0.15, -0.1) is 11.3 Å². The summed E-state index contributed by atoms with van der Waals surface area (Å²) in [6.45, 7) is 10.1. The molecule has 2 rings (SSSR count). The first-order valence-corrected chi connectivity index (χ1v) is 10.5. The van der Waals surface area contributed by atoms with Gasteiger partial charge in [-0.1, -0.05) is 12.1 Å². The predicted molar refractivity (Wildman–Crippen MR) is 118 cm³/mol. The molecule has 2 aromatic rings. The Morgan fingerprint density at radius 3 is 2.74 bits per heavy atom. The zero-order valence-corrected chi connectivity index (χ0v) is 18.5. The first-order valence-electron chi connectivity index (χ1n) is 9.20. The zero-order chi connectivity index (χ0) is 19.8. The minimum atomic E-state index is 0.490. The molecule has 5 nitrogen and oxygen atoms in total. The molecule has 0 fully saturated rings. The molecule has 0 saturated carbocycles. The third-order valence-electron chi connectivity index (χ3n) is 4.29. The number of rotatable bonds is 9. The highest BCUT2D eigenvalue weighted by Crippen LogP contribution is 2.22. The molecule has 1 aromatic heterocycles. The molecule has 0 spiro atoms. The molecule has 0 radical (unpaired) electrons. The van der Waals surface area contributed by atoms with E-state index in [0.29, 0.717) is 13.2 Å². The lowest BCUT2D eigenvalue weighted by atomic mass is 10.1. The zero-order valence-electron chi connectivity index (χ0n) is 16.9. The molecule has 1 heterocycles. The fraction of sp³-hybridized carbons (Fsp3) is 0.500. The molecule has 1 N–H and O–H groups in total. The smallest absolute Gasteiger partial charge is 0.169 e. The van der Waals surface area contributed by atoms with Gasteiger partial charge >= 0.3 is 0 Å². The van der Waals surface area contributed by atoms with Crippen LogP contribution in [-0.2, 0) is 13.2 Å². The monoisotopic (exact) mass is 406 g/mol. The van der Waals surface area contributed by atoms with E-state index >= 15 is 0 Å². The van der Waals surface area contributed by atoms with Gasteiger partial charge in [-0.25, -0.2) is 4.98 Å². The number of aromatic nitrogens is 1. The Hall–Kier alpha value is -1.70. The average Bonchev–Trinajstić information content (AvgIpc) is 3.07. The maximum absolute atomic E-state index is 5.98. The van der Waals surface area contributed by atoms with Gasteiger partial charge in [-0.3, -0.25) is 0 Å². The molecule has 27 heavy (non-hydrogen) atoms. The highest BCUT2D eigenvalue weighted by molar-refractivity contribution is 7.80. The summed E-state index contributed by atoms with van der Waals surface area (Å²) in [5, 5.41) is 7.10. The van der Waals surface area contributed by atoms with Crippen molar-refractivity contribution in [2.75, 3.05) is 33.7 Å². The maximum atomic E-state index is 5.98. The summed E-state index contributed by atoms with van der Waals surface area (Å²) >= 11 is 7.15. The summed E-state index contributed by atoms with van der Waals surface area (Å²) in [6, 6.07) is 6.13. The number of thiocarbonyl (C=S) groups is 1. The van der Waals surface area contributed by atoms with E-state index in [1.807, 2.05) is 12.1 Å². The van der Waals surface area contributed by atoms with E-state index in [2.05, 4.69) is 61.4 Å². The van der Waals surface area contributed by atoms with Gasteiger partial charge in [0.2, 0.25) is 0 Å². The van der Waals surface area contributed by atoms with Gasteiger partial charge < -0.3 is 19.9 Å². The number of nitrogens with zero attached hydrogens (tertiary/aromatic N) is 3. The van der Waals surface area contributed by atoms with E-state index in [0.717, 1.165) is 41.2 Å². The maximum Gasteiger partial charge on any atom is 0.169 e. The molecule has 0 amide bonds. The van der Waals surface area contributed by atoms with Crippen LogP contribution >= 0.6 is 23.6 Å². The summed E-state index contributed by atoms with van der Waals surface area (Å²) in [5.74, 6) is 0.924. The van der Waals surface area contributed by atoms with Crippen LogP contribution in [0.4, 0.5) is 0 Å². The molecule has 0 aliphatic heterocycles. The summed E-state index contributed by atoms with van der Waals surface area (Å²) in [7, 11) is 4.14. The van der Waals surface area contributed by atoms with Crippen LogP contribution in [0.1, 0.15) is 28.8 Å². The first kappa shape index (κ1) is 21.6. The van der Waals surface area contributed by atoms with Crippen molar-refractivity contribution in [1.29, 1.82) is 0 Å². The molecular weight excluding hydrogens is 376 g/mol. The Labute approximate surface area is 172 Å². The molecule has 0 bridgehead atoms. The summed E-state index contributed by atoms with van der Waals surface area (Å²) < 4.78 is 5.98. The Bertz CT molecular complexity index is 745. The van der Waals surface area contributed by atoms with Crippen molar-refractivity contribution >= 4 is 28.7 Å². The Balaban J connectivity index is 1.97. The van der Waals surface area contributed by atoms with E-state index in [1.54, 1.807) is 11.3 Å². The van der Waals surface area contributed by atoms with Crippen molar-refractivity contribution in [2.45, 2.75) is 33.9 Å². The summed E-state index contributed by atoms with van der Waals surface area (Å²) in [4.78, 5) is 9.07. The molecule has 0 aliphatic rings. The Morgan fingerprint density at radius 1 is 1.26 bits per heavy atom.